The van der Waals surface area contributed by atoms with Crippen molar-refractivity contribution in [3.8, 4) is 0 Å². The maximum atomic E-state index is 11.1. The summed E-state index contributed by atoms with van der Waals surface area (Å²) in [5, 5.41) is 9.65. The highest BCUT2D eigenvalue weighted by atomic mass is 32.2. The van der Waals surface area contributed by atoms with Gasteiger partial charge in [0.1, 0.15) is 0 Å². The number of carboxylic acid groups (broad SMARTS) is 1. The highest BCUT2D eigenvalue weighted by Crippen LogP contribution is 2.37. The largest absolute Gasteiger partial charge is 0.480 e. The molecular formula is C16H21NO2S. The second-order valence-electron chi connectivity index (χ2n) is 5.81. The van der Waals surface area contributed by atoms with Crippen molar-refractivity contribution >= 4 is 17.7 Å². The molecule has 4 heteroatoms. The van der Waals surface area contributed by atoms with E-state index >= 15 is 0 Å². The maximum absolute atomic E-state index is 11.1. The predicted octanol–water partition coefficient (Wildman–Crippen LogP) is 3.03. The first-order chi connectivity index (χ1) is 9.72. The van der Waals surface area contributed by atoms with Crippen LogP contribution in [0.2, 0.25) is 0 Å². The molecule has 1 aliphatic carbocycles. The number of thioether (sulfide) groups is 1. The summed E-state index contributed by atoms with van der Waals surface area (Å²) < 4.78 is 0. The van der Waals surface area contributed by atoms with Crippen molar-refractivity contribution in [3.05, 3.63) is 29.8 Å². The number of hydrogen-bond acceptors (Lipinski definition) is 3. The average Bonchev–Trinajstić information content (AvgIpc) is 3.06. The molecule has 0 bridgehead atoms. The van der Waals surface area contributed by atoms with Crippen LogP contribution in [-0.4, -0.2) is 40.4 Å². The molecule has 1 aromatic rings. The van der Waals surface area contributed by atoms with E-state index < -0.39 is 5.97 Å². The lowest BCUT2D eigenvalue weighted by molar-refractivity contribution is -0.138. The van der Waals surface area contributed by atoms with Crippen molar-refractivity contribution in [2.75, 3.05) is 13.1 Å². The number of benzene rings is 1. The van der Waals surface area contributed by atoms with Crippen LogP contribution in [0.4, 0.5) is 0 Å². The van der Waals surface area contributed by atoms with E-state index in [1.54, 1.807) is 0 Å². The van der Waals surface area contributed by atoms with Crippen LogP contribution < -0.4 is 0 Å². The number of fused-ring (bicyclic) bond motifs is 1. The van der Waals surface area contributed by atoms with E-state index in [4.69, 9.17) is 5.11 Å². The minimum Gasteiger partial charge on any atom is -0.480 e. The normalized spacial score (nSPS) is 22.4. The molecule has 3 nitrogen and oxygen atoms in total. The summed E-state index contributed by atoms with van der Waals surface area (Å²) in [4.78, 5) is 14.7. The predicted molar refractivity (Wildman–Crippen MR) is 81.3 cm³/mol. The van der Waals surface area contributed by atoms with Crippen LogP contribution in [0.25, 0.3) is 0 Å². The molecule has 1 aliphatic heterocycles. The third-order valence-electron chi connectivity index (χ3n) is 4.33. The first-order valence-corrected chi connectivity index (χ1v) is 8.31. The first kappa shape index (κ1) is 14.0. The molecule has 1 aromatic carbocycles. The summed E-state index contributed by atoms with van der Waals surface area (Å²) in [6.07, 6.45) is 5.90. The highest BCUT2D eigenvalue weighted by Gasteiger charge is 2.29. The van der Waals surface area contributed by atoms with E-state index in [1.807, 2.05) is 11.8 Å². The molecule has 1 unspecified atom stereocenters. The summed E-state index contributed by atoms with van der Waals surface area (Å²) in [5.41, 5.74) is 1.42. The summed E-state index contributed by atoms with van der Waals surface area (Å²) in [5.74, 6) is -0.697. The molecular weight excluding hydrogens is 270 g/mol. The van der Waals surface area contributed by atoms with E-state index in [0.29, 0.717) is 11.3 Å². The van der Waals surface area contributed by atoms with Gasteiger partial charge in [0, 0.05) is 22.7 Å². The fourth-order valence-electron chi connectivity index (χ4n) is 3.40. The molecule has 1 fully saturated rings. The third-order valence-corrected chi connectivity index (χ3v) is 5.63. The molecule has 1 saturated carbocycles. The van der Waals surface area contributed by atoms with Crippen molar-refractivity contribution in [1.29, 1.82) is 0 Å². The molecule has 20 heavy (non-hydrogen) atoms. The summed E-state index contributed by atoms with van der Waals surface area (Å²) in [7, 11) is 0. The summed E-state index contributed by atoms with van der Waals surface area (Å²) in [6.45, 7) is 1.09. The van der Waals surface area contributed by atoms with Gasteiger partial charge in [0.15, 0.2) is 0 Å². The SMILES string of the molecule is O=C(O)CN(CC1Cc2ccccc2S1)C1CCCC1. The van der Waals surface area contributed by atoms with E-state index in [2.05, 4.69) is 29.2 Å². The summed E-state index contributed by atoms with van der Waals surface area (Å²) in [6, 6.07) is 9.03. The molecule has 1 atom stereocenters. The minimum absolute atomic E-state index is 0.193. The van der Waals surface area contributed by atoms with Gasteiger partial charge in [-0.05, 0) is 30.9 Å². The van der Waals surface area contributed by atoms with Crippen molar-refractivity contribution in [1.82, 2.24) is 4.90 Å². The van der Waals surface area contributed by atoms with E-state index in [9.17, 15) is 4.79 Å². The zero-order valence-corrected chi connectivity index (χ0v) is 12.4. The Bertz CT molecular complexity index is 460. The Balaban J connectivity index is 1.64. The highest BCUT2D eigenvalue weighted by molar-refractivity contribution is 8.00. The van der Waals surface area contributed by atoms with Gasteiger partial charge in [0.2, 0.25) is 0 Å². The van der Waals surface area contributed by atoms with Gasteiger partial charge >= 0.3 is 5.97 Å². The lowest BCUT2D eigenvalue weighted by Crippen LogP contribution is -2.41. The topological polar surface area (TPSA) is 40.5 Å². The molecule has 1 N–H and O–H groups in total. The first-order valence-electron chi connectivity index (χ1n) is 7.43. The van der Waals surface area contributed by atoms with Gasteiger partial charge in [-0.1, -0.05) is 31.0 Å². The lowest BCUT2D eigenvalue weighted by atomic mass is 10.1. The van der Waals surface area contributed by atoms with Crippen molar-refractivity contribution in [2.45, 2.75) is 48.3 Å². The Morgan fingerprint density at radius 1 is 1.30 bits per heavy atom. The van der Waals surface area contributed by atoms with Gasteiger partial charge in [-0.2, -0.15) is 0 Å². The number of hydrogen-bond donors (Lipinski definition) is 1. The monoisotopic (exact) mass is 291 g/mol. The molecule has 1 heterocycles. The zero-order valence-electron chi connectivity index (χ0n) is 11.6. The number of carbonyl (C=O) groups is 1. The molecule has 0 spiro atoms. The molecule has 0 radical (unpaired) electrons. The maximum Gasteiger partial charge on any atom is 0.317 e. The Morgan fingerprint density at radius 3 is 2.75 bits per heavy atom. The molecule has 108 valence electrons. The van der Waals surface area contributed by atoms with Crippen LogP contribution in [0.5, 0.6) is 0 Å². The molecule has 0 saturated heterocycles. The van der Waals surface area contributed by atoms with Crippen LogP contribution in [0.1, 0.15) is 31.2 Å². The smallest absolute Gasteiger partial charge is 0.317 e. The Kier molecular flexibility index (Phi) is 4.32. The van der Waals surface area contributed by atoms with Crippen molar-refractivity contribution < 1.29 is 9.90 Å². The van der Waals surface area contributed by atoms with Gasteiger partial charge < -0.3 is 5.11 Å². The summed E-state index contributed by atoms with van der Waals surface area (Å²) >= 11 is 1.92. The Labute approximate surface area is 124 Å². The molecule has 0 amide bonds. The Hall–Kier alpha value is -1.00. The van der Waals surface area contributed by atoms with Crippen LogP contribution in [0, 0.1) is 0 Å². The van der Waals surface area contributed by atoms with Gasteiger partial charge in [0.05, 0.1) is 6.54 Å². The molecule has 3 rings (SSSR count). The fraction of sp³-hybridized carbons (Fsp3) is 0.562. The lowest BCUT2D eigenvalue weighted by Gasteiger charge is -2.29. The van der Waals surface area contributed by atoms with Crippen LogP contribution in [-0.2, 0) is 11.2 Å². The third kappa shape index (κ3) is 3.18. The minimum atomic E-state index is -0.697. The standard InChI is InChI=1S/C16H21NO2S/c18-16(19)11-17(13-6-2-3-7-13)10-14-9-12-5-1-4-8-15(12)20-14/h1,4-5,8,13-14H,2-3,6-7,9-11H2,(H,18,19). The number of rotatable bonds is 5. The average molecular weight is 291 g/mol. The zero-order chi connectivity index (χ0) is 13.9. The van der Waals surface area contributed by atoms with Gasteiger partial charge in [0.25, 0.3) is 0 Å². The Morgan fingerprint density at radius 2 is 2.05 bits per heavy atom. The van der Waals surface area contributed by atoms with Crippen molar-refractivity contribution in [3.63, 3.8) is 0 Å². The number of carboxylic acids is 1. The van der Waals surface area contributed by atoms with Crippen LogP contribution in [0.3, 0.4) is 0 Å². The van der Waals surface area contributed by atoms with Crippen molar-refractivity contribution in [2.24, 2.45) is 0 Å². The van der Waals surface area contributed by atoms with E-state index in [-0.39, 0.29) is 6.54 Å². The quantitative estimate of drug-likeness (QED) is 0.905. The van der Waals surface area contributed by atoms with Gasteiger partial charge in [-0.15, -0.1) is 11.8 Å². The fourth-order valence-corrected chi connectivity index (χ4v) is 4.75. The van der Waals surface area contributed by atoms with E-state index in [0.717, 1.165) is 25.8 Å². The number of aliphatic carboxylic acids is 1. The second kappa shape index (κ2) is 6.19. The van der Waals surface area contributed by atoms with Crippen LogP contribution >= 0.6 is 11.8 Å². The molecule has 0 aromatic heterocycles. The van der Waals surface area contributed by atoms with Crippen LogP contribution in [0.15, 0.2) is 29.2 Å². The molecule has 2 aliphatic rings. The van der Waals surface area contributed by atoms with Gasteiger partial charge in [-0.25, -0.2) is 0 Å². The second-order valence-corrected chi connectivity index (χ2v) is 7.16. The van der Waals surface area contributed by atoms with E-state index in [1.165, 1.54) is 23.3 Å². The number of nitrogens with zero attached hydrogens (tertiary/aromatic N) is 1. The van der Waals surface area contributed by atoms with Gasteiger partial charge in [-0.3, -0.25) is 9.69 Å².